The van der Waals surface area contributed by atoms with Crippen LogP contribution in [0, 0.1) is 5.92 Å². The molecule has 1 aliphatic rings. The summed E-state index contributed by atoms with van der Waals surface area (Å²) < 4.78 is 0. The minimum absolute atomic E-state index is 0.196. The molecular formula is C12H24N2O. The molecule has 1 saturated heterocycles. The number of hydrogen-bond acceptors (Lipinski definition) is 2. The van der Waals surface area contributed by atoms with Crippen LogP contribution in [0.15, 0.2) is 0 Å². The van der Waals surface area contributed by atoms with Crippen LogP contribution in [-0.4, -0.2) is 24.5 Å². The minimum atomic E-state index is 0.196. The van der Waals surface area contributed by atoms with Crippen molar-refractivity contribution in [1.29, 1.82) is 0 Å². The van der Waals surface area contributed by atoms with Crippen molar-refractivity contribution in [2.45, 2.75) is 58.5 Å². The smallest absolute Gasteiger partial charge is 0.221 e. The maximum atomic E-state index is 11.3. The summed E-state index contributed by atoms with van der Waals surface area (Å²) in [7, 11) is 0. The average molecular weight is 212 g/mol. The molecule has 2 unspecified atom stereocenters. The lowest BCUT2D eigenvalue weighted by molar-refractivity contribution is -0.121. The first-order chi connectivity index (χ1) is 7.08. The molecule has 3 heteroatoms. The fourth-order valence-corrected chi connectivity index (χ4v) is 2.29. The molecule has 0 bridgehead atoms. The Bertz CT molecular complexity index is 204. The van der Waals surface area contributed by atoms with E-state index in [2.05, 4.69) is 31.4 Å². The van der Waals surface area contributed by atoms with Gasteiger partial charge in [-0.05, 0) is 32.1 Å². The van der Waals surface area contributed by atoms with E-state index in [0.29, 0.717) is 24.4 Å². The second-order valence-electron chi connectivity index (χ2n) is 5.09. The van der Waals surface area contributed by atoms with Crippen molar-refractivity contribution in [2.24, 2.45) is 5.92 Å². The van der Waals surface area contributed by atoms with Gasteiger partial charge < -0.3 is 10.6 Å². The predicted octanol–water partition coefficient (Wildman–Crippen LogP) is 1.68. The van der Waals surface area contributed by atoms with Gasteiger partial charge in [0.05, 0.1) is 0 Å². The molecule has 15 heavy (non-hydrogen) atoms. The average Bonchev–Trinajstić information content (AvgIpc) is 2.28. The quantitative estimate of drug-likeness (QED) is 0.744. The number of nitrogens with one attached hydrogen (secondary N) is 2. The maximum absolute atomic E-state index is 11.3. The first kappa shape index (κ1) is 12.5. The standard InChI is InChI=1S/C12H24N2O/c1-9(2)7-10(3)14-11-5-4-6-13-12(15)8-11/h9-11,14H,4-8H2,1-3H3,(H,13,15). The Morgan fingerprint density at radius 1 is 1.47 bits per heavy atom. The molecule has 3 nitrogen and oxygen atoms in total. The first-order valence-corrected chi connectivity index (χ1v) is 6.10. The highest BCUT2D eigenvalue weighted by Crippen LogP contribution is 2.10. The number of hydrogen-bond donors (Lipinski definition) is 2. The van der Waals surface area contributed by atoms with Crippen LogP contribution < -0.4 is 10.6 Å². The third kappa shape index (κ3) is 5.17. The zero-order chi connectivity index (χ0) is 11.3. The third-order valence-electron chi connectivity index (χ3n) is 2.83. The topological polar surface area (TPSA) is 41.1 Å². The van der Waals surface area contributed by atoms with E-state index in [9.17, 15) is 4.79 Å². The van der Waals surface area contributed by atoms with Gasteiger partial charge in [0, 0.05) is 25.0 Å². The first-order valence-electron chi connectivity index (χ1n) is 6.10. The lowest BCUT2D eigenvalue weighted by Crippen LogP contribution is -2.38. The monoisotopic (exact) mass is 212 g/mol. The molecule has 1 amide bonds. The number of amides is 1. The molecule has 0 spiro atoms. The second kappa shape index (κ2) is 6.11. The van der Waals surface area contributed by atoms with E-state index in [4.69, 9.17) is 0 Å². The molecule has 0 aromatic carbocycles. The van der Waals surface area contributed by atoms with E-state index in [1.807, 2.05) is 0 Å². The lowest BCUT2D eigenvalue weighted by atomic mass is 10.0. The zero-order valence-electron chi connectivity index (χ0n) is 10.2. The van der Waals surface area contributed by atoms with Crippen molar-refractivity contribution in [1.82, 2.24) is 10.6 Å². The van der Waals surface area contributed by atoms with Crippen molar-refractivity contribution < 1.29 is 4.79 Å². The third-order valence-corrected chi connectivity index (χ3v) is 2.83. The number of carbonyl (C=O) groups is 1. The largest absolute Gasteiger partial charge is 0.356 e. The van der Waals surface area contributed by atoms with Gasteiger partial charge in [-0.1, -0.05) is 13.8 Å². The van der Waals surface area contributed by atoms with Gasteiger partial charge in [-0.2, -0.15) is 0 Å². The number of carbonyl (C=O) groups excluding carboxylic acids is 1. The molecule has 0 saturated carbocycles. The molecule has 88 valence electrons. The Labute approximate surface area is 93.0 Å². The van der Waals surface area contributed by atoms with Gasteiger partial charge in [-0.3, -0.25) is 4.79 Å². The van der Waals surface area contributed by atoms with Gasteiger partial charge in [0.1, 0.15) is 0 Å². The van der Waals surface area contributed by atoms with E-state index in [-0.39, 0.29) is 5.91 Å². The van der Waals surface area contributed by atoms with E-state index in [1.165, 1.54) is 6.42 Å². The van der Waals surface area contributed by atoms with Gasteiger partial charge >= 0.3 is 0 Å². The van der Waals surface area contributed by atoms with Crippen molar-refractivity contribution in [3.05, 3.63) is 0 Å². The molecule has 0 aromatic rings. The van der Waals surface area contributed by atoms with E-state index in [0.717, 1.165) is 19.4 Å². The minimum Gasteiger partial charge on any atom is -0.356 e. The van der Waals surface area contributed by atoms with Crippen LogP contribution in [0.4, 0.5) is 0 Å². The summed E-state index contributed by atoms with van der Waals surface area (Å²) in [4.78, 5) is 11.3. The highest BCUT2D eigenvalue weighted by Gasteiger charge is 2.18. The fraction of sp³-hybridized carbons (Fsp3) is 0.917. The predicted molar refractivity (Wildman–Crippen MR) is 62.7 cm³/mol. The molecule has 2 atom stereocenters. The SMILES string of the molecule is CC(C)CC(C)NC1CCCNC(=O)C1. The van der Waals surface area contributed by atoms with Crippen LogP contribution in [-0.2, 0) is 4.79 Å². The summed E-state index contributed by atoms with van der Waals surface area (Å²) in [6.45, 7) is 7.52. The van der Waals surface area contributed by atoms with Crippen LogP contribution in [0.3, 0.4) is 0 Å². The van der Waals surface area contributed by atoms with E-state index >= 15 is 0 Å². The van der Waals surface area contributed by atoms with Crippen molar-refractivity contribution >= 4 is 5.91 Å². The van der Waals surface area contributed by atoms with Gasteiger partial charge in [-0.15, -0.1) is 0 Å². The molecule has 0 aliphatic carbocycles. The lowest BCUT2D eigenvalue weighted by Gasteiger charge is -2.22. The Hall–Kier alpha value is -0.570. The Kier molecular flexibility index (Phi) is 5.09. The summed E-state index contributed by atoms with van der Waals surface area (Å²) >= 11 is 0. The normalized spacial score (nSPS) is 24.8. The molecule has 1 aliphatic heterocycles. The van der Waals surface area contributed by atoms with E-state index in [1.54, 1.807) is 0 Å². The summed E-state index contributed by atoms with van der Waals surface area (Å²) in [6, 6.07) is 0.891. The second-order valence-corrected chi connectivity index (χ2v) is 5.09. The fourth-order valence-electron chi connectivity index (χ4n) is 2.29. The van der Waals surface area contributed by atoms with Crippen LogP contribution >= 0.6 is 0 Å². The molecule has 0 radical (unpaired) electrons. The van der Waals surface area contributed by atoms with Crippen LogP contribution in [0.2, 0.25) is 0 Å². The highest BCUT2D eigenvalue weighted by atomic mass is 16.1. The molecule has 1 fully saturated rings. The Morgan fingerprint density at radius 2 is 2.20 bits per heavy atom. The summed E-state index contributed by atoms with van der Waals surface area (Å²) in [6.07, 6.45) is 4.03. The van der Waals surface area contributed by atoms with Crippen LogP contribution in [0.1, 0.15) is 46.5 Å². The van der Waals surface area contributed by atoms with Gasteiger partial charge in [0.2, 0.25) is 5.91 Å². The molecule has 1 heterocycles. The van der Waals surface area contributed by atoms with Gasteiger partial charge in [0.25, 0.3) is 0 Å². The summed E-state index contributed by atoms with van der Waals surface area (Å²) in [5, 5.41) is 6.47. The Balaban J connectivity index is 2.32. The van der Waals surface area contributed by atoms with Crippen molar-refractivity contribution in [2.75, 3.05) is 6.54 Å². The van der Waals surface area contributed by atoms with Gasteiger partial charge in [0.15, 0.2) is 0 Å². The zero-order valence-corrected chi connectivity index (χ0v) is 10.2. The highest BCUT2D eigenvalue weighted by molar-refractivity contribution is 5.76. The van der Waals surface area contributed by atoms with Crippen molar-refractivity contribution in [3.8, 4) is 0 Å². The number of rotatable bonds is 4. The van der Waals surface area contributed by atoms with Crippen molar-refractivity contribution in [3.63, 3.8) is 0 Å². The molecule has 1 rings (SSSR count). The Morgan fingerprint density at radius 3 is 2.87 bits per heavy atom. The van der Waals surface area contributed by atoms with Gasteiger partial charge in [-0.25, -0.2) is 0 Å². The summed E-state index contributed by atoms with van der Waals surface area (Å²) in [5.74, 6) is 0.911. The summed E-state index contributed by atoms with van der Waals surface area (Å²) in [5.41, 5.74) is 0. The van der Waals surface area contributed by atoms with Crippen LogP contribution in [0.25, 0.3) is 0 Å². The molecular weight excluding hydrogens is 188 g/mol. The van der Waals surface area contributed by atoms with E-state index < -0.39 is 0 Å². The molecule has 0 aromatic heterocycles. The maximum Gasteiger partial charge on any atom is 0.221 e. The van der Waals surface area contributed by atoms with Crippen LogP contribution in [0.5, 0.6) is 0 Å². The molecule has 2 N–H and O–H groups in total.